The van der Waals surface area contributed by atoms with Crippen molar-refractivity contribution in [3.63, 3.8) is 0 Å². The zero-order valence-corrected chi connectivity index (χ0v) is 9.93. The van der Waals surface area contributed by atoms with E-state index in [4.69, 9.17) is 12.8 Å². The first-order valence-corrected chi connectivity index (χ1v) is 5.64. The highest BCUT2D eigenvalue weighted by atomic mass is 14.0. The number of rotatable bonds is 2. The average Bonchev–Trinajstić information content (AvgIpc) is 2.45. The van der Waals surface area contributed by atoms with Crippen LogP contribution in [0.25, 0.3) is 12.2 Å². The van der Waals surface area contributed by atoms with E-state index in [1.54, 1.807) is 0 Å². The van der Waals surface area contributed by atoms with E-state index in [0.717, 1.165) is 22.3 Å². The first-order valence-electron chi connectivity index (χ1n) is 5.64. The molecule has 2 aromatic carbocycles. The molecule has 0 amide bonds. The lowest BCUT2D eigenvalue weighted by Gasteiger charge is -2.00. The Bertz CT molecular complexity index is 601. The molecule has 0 N–H and O–H groups in total. The van der Waals surface area contributed by atoms with Crippen molar-refractivity contribution in [1.82, 2.24) is 0 Å². The molecular formula is C18H12. The second kappa shape index (κ2) is 5.58. The van der Waals surface area contributed by atoms with Crippen LogP contribution in [0.3, 0.4) is 0 Å². The Labute approximate surface area is 108 Å². The third kappa shape index (κ3) is 2.51. The Balaban J connectivity index is 2.37. The molecular weight excluding hydrogens is 216 g/mol. The van der Waals surface area contributed by atoms with E-state index in [1.165, 1.54) is 0 Å². The molecule has 0 spiro atoms. The average molecular weight is 228 g/mol. The second-order valence-corrected chi connectivity index (χ2v) is 3.80. The van der Waals surface area contributed by atoms with E-state index in [1.807, 2.05) is 60.7 Å². The van der Waals surface area contributed by atoms with Crippen LogP contribution in [0.5, 0.6) is 0 Å². The summed E-state index contributed by atoms with van der Waals surface area (Å²) in [6, 6.07) is 15.6. The standard InChI is InChI=1S/C18H12/c1-3-15-9-5-7-11-17(15)13-14-18-12-8-6-10-16(18)4-2/h1-2,5-14H/b14-13+. The van der Waals surface area contributed by atoms with E-state index in [0.29, 0.717) is 0 Å². The summed E-state index contributed by atoms with van der Waals surface area (Å²) < 4.78 is 0. The minimum absolute atomic E-state index is 0.881. The fraction of sp³-hybridized carbons (Fsp3) is 0. The molecule has 0 bridgehead atoms. The van der Waals surface area contributed by atoms with Crippen LogP contribution in [-0.2, 0) is 0 Å². The van der Waals surface area contributed by atoms with Crippen LogP contribution in [0.1, 0.15) is 22.3 Å². The summed E-state index contributed by atoms with van der Waals surface area (Å²) in [6.07, 6.45) is 14.9. The van der Waals surface area contributed by atoms with E-state index >= 15 is 0 Å². The maximum atomic E-state index is 5.46. The maximum Gasteiger partial charge on any atom is 0.0315 e. The van der Waals surface area contributed by atoms with Gasteiger partial charge in [0.2, 0.25) is 0 Å². The fourth-order valence-electron chi connectivity index (χ4n) is 1.73. The van der Waals surface area contributed by atoms with Crippen molar-refractivity contribution in [1.29, 1.82) is 0 Å². The maximum absolute atomic E-state index is 5.46. The number of hydrogen-bond acceptors (Lipinski definition) is 0. The highest BCUT2D eigenvalue weighted by Crippen LogP contribution is 2.14. The van der Waals surface area contributed by atoms with Crippen molar-refractivity contribution >= 4 is 12.2 Å². The first kappa shape index (κ1) is 11.8. The molecule has 0 aliphatic rings. The first-order chi connectivity index (χ1) is 8.85. The molecule has 0 saturated heterocycles. The topological polar surface area (TPSA) is 0 Å². The monoisotopic (exact) mass is 228 g/mol. The fourth-order valence-corrected chi connectivity index (χ4v) is 1.73. The Kier molecular flexibility index (Phi) is 3.65. The van der Waals surface area contributed by atoms with Crippen LogP contribution < -0.4 is 0 Å². The molecule has 2 aromatic rings. The van der Waals surface area contributed by atoms with Gasteiger partial charge in [0.15, 0.2) is 0 Å². The number of benzene rings is 2. The molecule has 0 heteroatoms. The zero-order chi connectivity index (χ0) is 12.8. The molecule has 0 radical (unpaired) electrons. The molecule has 84 valence electrons. The summed E-state index contributed by atoms with van der Waals surface area (Å²) in [6.45, 7) is 0. The van der Waals surface area contributed by atoms with E-state index < -0.39 is 0 Å². The molecule has 0 aromatic heterocycles. The van der Waals surface area contributed by atoms with Gasteiger partial charge in [-0.3, -0.25) is 0 Å². The largest absolute Gasteiger partial charge is 0.115 e. The molecule has 0 nitrogen and oxygen atoms in total. The second-order valence-electron chi connectivity index (χ2n) is 3.80. The van der Waals surface area contributed by atoms with Crippen molar-refractivity contribution in [2.45, 2.75) is 0 Å². The summed E-state index contributed by atoms with van der Waals surface area (Å²) >= 11 is 0. The molecule has 0 fully saturated rings. The molecule has 18 heavy (non-hydrogen) atoms. The number of terminal acetylenes is 2. The SMILES string of the molecule is C#Cc1ccccc1/C=C/c1ccccc1C#C. The Morgan fingerprint density at radius 3 is 1.44 bits per heavy atom. The lowest BCUT2D eigenvalue weighted by atomic mass is 10.0. The highest BCUT2D eigenvalue weighted by molar-refractivity contribution is 5.75. The van der Waals surface area contributed by atoms with Gasteiger partial charge >= 0.3 is 0 Å². The summed E-state index contributed by atoms with van der Waals surface area (Å²) in [5.74, 6) is 5.34. The van der Waals surface area contributed by atoms with Gasteiger partial charge in [0.05, 0.1) is 0 Å². The van der Waals surface area contributed by atoms with Crippen LogP contribution in [0.4, 0.5) is 0 Å². The highest BCUT2D eigenvalue weighted by Gasteiger charge is 1.96. The minimum Gasteiger partial charge on any atom is -0.115 e. The van der Waals surface area contributed by atoms with E-state index in [-0.39, 0.29) is 0 Å². The van der Waals surface area contributed by atoms with Crippen molar-refractivity contribution < 1.29 is 0 Å². The minimum atomic E-state index is 0.881. The van der Waals surface area contributed by atoms with Gasteiger partial charge in [0.25, 0.3) is 0 Å². The lowest BCUT2D eigenvalue weighted by molar-refractivity contribution is 1.59. The van der Waals surface area contributed by atoms with Crippen LogP contribution in [-0.4, -0.2) is 0 Å². The smallest absolute Gasteiger partial charge is 0.0315 e. The quantitative estimate of drug-likeness (QED) is 0.541. The van der Waals surface area contributed by atoms with Crippen LogP contribution in [0.15, 0.2) is 48.5 Å². The third-order valence-corrected chi connectivity index (χ3v) is 2.68. The summed E-state index contributed by atoms with van der Waals surface area (Å²) in [4.78, 5) is 0. The van der Waals surface area contributed by atoms with Gasteiger partial charge in [0, 0.05) is 11.1 Å². The van der Waals surface area contributed by atoms with Crippen LogP contribution in [0, 0.1) is 24.7 Å². The van der Waals surface area contributed by atoms with Crippen molar-refractivity contribution in [3.8, 4) is 24.7 Å². The summed E-state index contributed by atoms with van der Waals surface area (Å²) in [5.41, 5.74) is 3.80. The molecule has 0 saturated carbocycles. The molecule has 0 unspecified atom stereocenters. The molecule has 0 aliphatic carbocycles. The molecule has 0 heterocycles. The van der Waals surface area contributed by atoms with Crippen molar-refractivity contribution in [3.05, 3.63) is 70.8 Å². The van der Waals surface area contributed by atoms with Gasteiger partial charge in [-0.05, 0) is 23.3 Å². The normalized spacial score (nSPS) is 9.89. The van der Waals surface area contributed by atoms with E-state index in [9.17, 15) is 0 Å². The van der Waals surface area contributed by atoms with Gasteiger partial charge in [-0.25, -0.2) is 0 Å². The molecule has 0 atom stereocenters. The summed E-state index contributed by atoms with van der Waals surface area (Å²) in [5, 5.41) is 0. The predicted molar refractivity (Wildman–Crippen MR) is 77.7 cm³/mol. The van der Waals surface area contributed by atoms with Gasteiger partial charge in [-0.1, -0.05) is 60.4 Å². The van der Waals surface area contributed by atoms with Gasteiger partial charge in [-0.2, -0.15) is 0 Å². The van der Waals surface area contributed by atoms with E-state index in [2.05, 4.69) is 11.8 Å². The lowest BCUT2D eigenvalue weighted by Crippen LogP contribution is -1.82. The Hall–Kier alpha value is -2.70. The third-order valence-electron chi connectivity index (χ3n) is 2.68. The van der Waals surface area contributed by atoms with Crippen LogP contribution in [0.2, 0.25) is 0 Å². The Morgan fingerprint density at radius 2 is 1.06 bits per heavy atom. The predicted octanol–water partition coefficient (Wildman–Crippen LogP) is 3.82. The number of hydrogen-bond donors (Lipinski definition) is 0. The van der Waals surface area contributed by atoms with Gasteiger partial charge < -0.3 is 0 Å². The molecule has 0 aliphatic heterocycles. The van der Waals surface area contributed by atoms with Crippen molar-refractivity contribution in [2.24, 2.45) is 0 Å². The molecule has 2 rings (SSSR count). The van der Waals surface area contributed by atoms with Crippen molar-refractivity contribution in [2.75, 3.05) is 0 Å². The van der Waals surface area contributed by atoms with Gasteiger partial charge in [0.1, 0.15) is 0 Å². The zero-order valence-electron chi connectivity index (χ0n) is 9.93. The van der Waals surface area contributed by atoms with Crippen LogP contribution >= 0.6 is 0 Å². The Morgan fingerprint density at radius 1 is 0.667 bits per heavy atom. The van der Waals surface area contributed by atoms with Gasteiger partial charge in [-0.15, -0.1) is 12.8 Å². The summed E-state index contributed by atoms with van der Waals surface area (Å²) in [7, 11) is 0.